The van der Waals surface area contributed by atoms with Gasteiger partial charge in [-0.25, -0.2) is 0 Å². The van der Waals surface area contributed by atoms with Gasteiger partial charge in [0.1, 0.15) is 30.2 Å². The van der Waals surface area contributed by atoms with Crippen LogP contribution in [0.4, 0.5) is 0 Å². The zero-order valence-electron chi connectivity index (χ0n) is 23.0. The molecule has 0 heterocycles. The molecule has 0 saturated carbocycles. The topological polar surface area (TPSA) is 321 Å². The van der Waals surface area contributed by atoms with E-state index in [0.29, 0.717) is 0 Å². The van der Waals surface area contributed by atoms with Crippen molar-refractivity contribution in [1.29, 1.82) is 0 Å². The maximum atomic E-state index is 12.7. The van der Waals surface area contributed by atoms with Crippen LogP contribution in [0, 0.1) is 0 Å². The predicted octanol–water partition coefficient (Wildman–Crippen LogP) is -3.91. The van der Waals surface area contributed by atoms with E-state index in [1.807, 2.05) is 0 Å². The number of carboxylic acid groups (broad SMARTS) is 4. The molecule has 0 aliphatic heterocycles. The van der Waals surface area contributed by atoms with Gasteiger partial charge in [-0.2, -0.15) is 0 Å². The molecule has 5 amide bonds. The van der Waals surface area contributed by atoms with Crippen molar-refractivity contribution in [3.05, 3.63) is 0 Å². The summed E-state index contributed by atoms with van der Waals surface area (Å²) in [6, 6.07) is -8.66. The van der Waals surface area contributed by atoms with Crippen LogP contribution in [0.15, 0.2) is 0 Å². The lowest BCUT2D eigenvalue weighted by molar-refractivity contribution is -0.142. The molecule has 0 aromatic carbocycles. The molecule has 236 valence electrons. The number of nitrogens with one attached hydrogen (secondary N) is 5. The smallest absolute Gasteiger partial charge is 0.325 e. The van der Waals surface area contributed by atoms with Crippen LogP contribution < -0.4 is 32.3 Å². The van der Waals surface area contributed by atoms with Crippen LogP contribution in [-0.4, -0.2) is 110 Å². The van der Waals surface area contributed by atoms with E-state index >= 15 is 0 Å². The molecule has 0 aliphatic carbocycles. The monoisotopic (exact) mass is 604 g/mol. The Morgan fingerprint density at radius 3 is 1.38 bits per heavy atom. The summed E-state index contributed by atoms with van der Waals surface area (Å²) < 4.78 is 0. The van der Waals surface area contributed by atoms with Gasteiger partial charge in [-0.05, 0) is 33.6 Å². The van der Waals surface area contributed by atoms with Crippen LogP contribution in [0.2, 0.25) is 0 Å². The van der Waals surface area contributed by atoms with Gasteiger partial charge in [0.25, 0.3) is 0 Å². The molecule has 0 fully saturated rings. The fourth-order valence-corrected chi connectivity index (χ4v) is 3.07. The first-order valence-electron chi connectivity index (χ1n) is 12.5. The summed E-state index contributed by atoms with van der Waals surface area (Å²) in [5.74, 6) is -10.5. The number of aliphatic carboxylic acids is 4. The van der Waals surface area contributed by atoms with Crippen LogP contribution in [0.1, 0.15) is 52.9 Å². The number of hydrogen-bond acceptors (Lipinski definition) is 10. The van der Waals surface area contributed by atoms with Gasteiger partial charge in [0.2, 0.25) is 29.5 Å². The average Bonchev–Trinajstić information content (AvgIpc) is 2.87. The molecule has 6 atom stereocenters. The SMILES string of the molecule is CC(NC(=O)C(CCC(=O)O)NC(=O)C(C)NC(=O)C(CC(=O)O)NC(=O)C(C)NC(=O)C(N)CCC(=O)O)C(=O)O. The minimum absolute atomic E-state index is 0.225. The van der Waals surface area contributed by atoms with E-state index in [0.717, 1.165) is 13.8 Å². The van der Waals surface area contributed by atoms with E-state index in [-0.39, 0.29) is 6.42 Å². The van der Waals surface area contributed by atoms with Crippen molar-refractivity contribution in [1.82, 2.24) is 26.6 Å². The van der Waals surface area contributed by atoms with Crippen LogP contribution >= 0.6 is 0 Å². The summed E-state index contributed by atoms with van der Waals surface area (Å²) in [4.78, 5) is 106. The quantitative estimate of drug-likeness (QED) is 0.0673. The Hall–Kier alpha value is -4.81. The second kappa shape index (κ2) is 17.8. The van der Waals surface area contributed by atoms with Gasteiger partial charge in [-0.1, -0.05) is 0 Å². The summed E-state index contributed by atoms with van der Waals surface area (Å²) in [5, 5.41) is 46.4. The van der Waals surface area contributed by atoms with Crippen molar-refractivity contribution in [2.45, 2.75) is 89.1 Å². The molecule has 42 heavy (non-hydrogen) atoms. The third-order valence-electron chi connectivity index (χ3n) is 5.53. The summed E-state index contributed by atoms with van der Waals surface area (Å²) in [6.45, 7) is 3.47. The highest BCUT2D eigenvalue weighted by Gasteiger charge is 2.31. The van der Waals surface area contributed by atoms with E-state index in [2.05, 4.69) is 26.6 Å². The predicted molar refractivity (Wildman–Crippen MR) is 138 cm³/mol. The first kappa shape index (κ1) is 37.2. The normalized spacial score (nSPS) is 14.9. The lowest BCUT2D eigenvalue weighted by Gasteiger charge is -2.24. The van der Waals surface area contributed by atoms with Crippen molar-refractivity contribution in [3.63, 3.8) is 0 Å². The number of carbonyl (C=O) groups is 9. The maximum absolute atomic E-state index is 12.7. The number of rotatable bonds is 19. The van der Waals surface area contributed by atoms with Crippen LogP contribution in [0.5, 0.6) is 0 Å². The Balaban J connectivity index is 5.39. The molecule has 0 bridgehead atoms. The van der Waals surface area contributed by atoms with E-state index in [4.69, 9.17) is 26.2 Å². The molecule has 0 rings (SSSR count). The molecule has 0 saturated heterocycles. The first-order chi connectivity index (χ1) is 19.3. The highest BCUT2D eigenvalue weighted by Crippen LogP contribution is 2.02. The molecule has 0 aliphatic rings. The molecule has 11 N–H and O–H groups in total. The van der Waals surface area contributed by atoms with E-state index < -0.39 is 115 Å². The third kappa shape index (κ3) is 14.5. The van der Waals surface area contributed by atoms with E-state index in [9.17, 15) is 43.2 Å². The Kier molecular flexibility index (Phi) is 15.8. The molecule has 0 aromatic heterocycles. The Morgan fingerprint density at radius 2 is 0.929 bits per heavy atom. The lowest BCUT2D eigenvalue weighted by Crippen LogP contribution is -2.58. The van der Waals surface area contributed by atoms with Crippen LogP contribution in [0.3, 0.4) is 0 Å². The van der Waals surface area contributed by atoms with Crippen LogP contribution in [-0.2, 0) is 43.2 Å². The molecule has 0 spiro atoms. The summed E-state index contributed by atoms with van der Waals surface area (Å²) in [6.07, 6.45) is -2.58. The first-order valence-corrected chi connectivity index (χ1v) is 12.5. The lowest BCUT2D eigenvalue weighted by atomic mass is 10.1. The molecule has 0 radical (unpaired) electrons. The standard InChI is InChI=1S/C23H36N6O13/c1-9(25-20(38)12(24)4-6-15(30)31)19(37)29-14(8-17(34)35)22(40)26-10(2)18(36)28-13(5-7-16(32)33)21(39)27-11(3)23(41)42/h9-14H,4-8,24H2,1-3H3,(H,25,38)(H,26,40)(H,27,39)(H,28,36)(H,29,37)(H,30,31)(H,32,33)(H,34,35)(H,41,42). The highest BCUT2D eigenvalue weighted by atomic mass is 16.4. The van der Waals surface area contributed by atoms with Gasteiger partial charge in [0.05, 0.1) is 12.5 Å². The van der Waals surface area contributed by atoms with Gasteiger partial charge in [-0.3, -0.25) is 43.2 Å². The zero-order valence-corrected chi connectivity index (χ0v) is 23.0. The van der Waals surface area contributed by atoms with Gasteiger partial charge < -0.3 is 52.7 Å². The van der Waals surface area contributed by atoms with Crippen molar-refractivity contribution in [2.75, 3.05) is 0 Å². The Bertz CT molecular complexity index is 1070. The summed E-state index contributed by atoms with van der Waals surface area (Å²) in [5.41, 5.74) is 5.57. The highest BCUT2D eigenvalue weighted by molar-refractivity contribution is 5.97. The summed E-state index contributed by atoms with van der Waals surface area (Å²) in [7, 11) is 0. The number of hydrogen-bond donors (Lipinski definition) is 10. The Labute approximate surface area is 238 Å². The molecule has 0 aromatic rings. The molecular formula is C23H36N6O13. The molecule has 6 unspecified atom stereocenters. The zero-order chi connectivity index (χ0) is 32.7. The fourth-order valence-electron chi connectivity index (χ4n) is 3.07. The van der Waals surface area contributed by atoms with Crippen molar-refractivity contribution in [3.8, 4) is 0 Å². The van der Waals surface area contributed by atoms with Gasteiger partial charge in [0, 0.05) is 12.8 Å². The number of nitrogens with two attached hydrogens (primary N) is 1. The second-order valence-corrected chi connectivity index (χ2v) is 9.22. The minimum atomic E-state index is -1.74. The van der Waals surface area contributed by atoms with E-state index in [1.165, 1.54) is 6.92 Å². The van der Waals surface area contributed by atoms with Crippen LogP contribution in [0.25, 0.3) is 0 Å². The largest absolute Gasteiger partial charge is 0.481 e. The average molecular weight is 605 g/mol. The van der Waals surface area contributed by atoms with Gasteiger partial charge in [0.15, 0.2) is 0 Å². The van der Waals surface area contributed by atoms with Crippen molar-refractivity contribution in [2.24, 2.45) is 5.73 Å². The van der Waals surface area contributed by atoms with E-state index in [1.54, 1.807) is 0 Å². The fraction of sp³-hybridized carbons (Fsp3) is 0.609. The van der Waals surface area contributed by atoms with Gasteiger partial charge in [-0.15, -0.1) is 0 Å². The molecule has 19 heteroatoms. The maximum Gasteiger partial charge on any atom is 0.325 e. The summed E-state index contributed by atoms with van der Waals surface area (Å²) >= 11 is 0. The third-order valence-corrected chi connectivity index (χ3v) is 5.53. The molecule has 19 nitrogen and oxygen atoms in total. The number of carboxylic acids is 4. The van der Waals surface area contributed by atoms with Gasteiger partial charge >= 0.3 is 23.9 Å². The Morgan fingerprint density at radius 1 is 0.524 bits per heavy atom. The van der Waals surface area contributed by atoms with Crippen molar-refractivity contribution >= 4 is 53.4 Å². The van der Waals surface area contributed by atoms with Crippen molar-refractivity contribution < 1.29 is 63.6 Å². The minimum Gasteiger partial charge on any atom is -0.481 e. The number of amides is 5. The number of carbonyl (C=O) groups excluding carboxylic acids is 5. The second-order valence-electron chi connectivity index (χ2n) is 9.22. The molecular weight excluding hydrogens is 568 g/mol.